The van der Waals surface area contributed by atoms with Gasteiger partial charge in [0.25, 0.3) is 0 Å². The molecule has 94 valence electrons. The molecule has 0 aliphatic heterocycles. The van der Waals surface area contributed by atoms with Crippen molar-refractivity contribution in [1.82, 2.24) is 4.72 Å². The van der Waals surface area contributed by atoms with E-state index in [-0.39, 0.29) is 4.75 Å². The second-order valence-electron chi connectivity index (χ2n) is 3.73. The van der Waals surface area contributed by atoms with E-state index < -0.39 is 15.3 Å². The van der Waals surface area contributed by atoms with E-state index in [0.29, 0.717) is 6.54 Å². The van der Waals surface area contributed by atoms with Gasteiger partial charge in [0, 0.05) is 11.3 Å². The first kappa shape index (κ1) is 15.8. The Bertz CT molecular complexity index is 334. The van der Waals surface area contributed by atoms with Gasteiger partial charge in [0.15, 0.2) is 5.25 Å². The minimum Gasteiger partial charge on any atom is -0.213 e. The van der Waals surface area contributed by atoms with Gasteiger partial charge in [-0.1, -0.05) is 13.8 Å². The lowest BCUT2D eigenvalue weighted by atomic mass is 10.0. The van der Waals surface area contributed by atoms with Crippen molar-refractivity contribution in [3.63, 3.8) is 0 Å². The number of thioether (sulfide) groups is 1. The Kier molecular flexibility index (Phi) is 6.38. The number of rotatable bonds is 7. The third-order valence-electron chi connectivity index (χ3n) is 2.96. The third-order valence-corrected chi connectivity index (χ3v) is 6.14. The standard InChI is InChI=1S/C10H20N2O2S2/c1-5-10(6-2,15-4)8-12-16(13,14)9(3)7-11/h9,12H,5-6,8H2,1-4H3. The molecule has 1 N–H and O–H groups in total. The molecule has 16 heavy (non-hydrogen) atoms. The van der Waals surface area contributed by atoms with E-state index in [1.807, 2.05) is 20.1 Å². The van der Waals surface area contributed by atoms with Crippen LogP contribution in [0, 0.1) is 11.3 Å². The first-order valence-electron chi connectivity index (χ1n) is 5.30. The maximum Gasteiger partial charge on any atom is 0.227 e. The number of nitrogens with one attached hydrogen (secondary N) is 1. The third kappa shape index (κ3) is 3.96. The number of sulfonamides is 1. The zero-order chi connectivity index (χ0) is 12.8. The highest BCUT2D eigenvalue weighted by Gasteiger charge is 2.28. The summed E-state index contributed by atoms with van der Waals surface area (Å²) in [5.41, 5.74) is 0. The molecule has 0 fully saturated rings. The van der Waals surface area contributed by atoms with Gasteiger partial charge < -0.3 is 0 Å². The van der Waals surface area contributed by atoms with Crippen molar-refractivity contribution < 1.29 is 8.42 Å². The Balaban J connectivity index is 4.61. The Morgan fingerprint density at radius 3 is 2.25 bits per heavy atom. The van der Waals surface area contributed by atoms with Gasteiger partial charge in [-0.05, 0) is 26.0 Å². The Morgan fingerprint density at radius 1 is 1.44 bits per heavy atom. The quantitative estimate of drug-likeness (QED) is 0.760. The van der Waals surface area contributed by atoms with Crippen molar-refractivity contribution in [2.75, 3.05) is 12.8 Å². The van der Waals surface area contributed by atoms with Gasteiger partial charge in [-0.3, -0.25) is 0 Å². The van der Waals surface area contributed by atoms with Gasteiger partial charge in [-0.25, -0.2) is 13.1 Å². The molecule has 0 amide bonds. The van der Waals surface area contributed by atoms with Crippen LogP contribution in [0.25, 0.3) is 0 Å². The van der Waals surface area contributed by atoms with E-state index in [4.69, 9.17) is 5.26 Å². The van der Waals surface area contributed by atoms with Crippen LogP contribution in [0.5, 0.6) is 0 Å². The van der Waals surface area contributed by atoms with Crippen molar-refractivity contribution >= 4 is 21.8 Å². The fraction of sp³-hybridized carbons (Fsp3) is 0.900. The van der Waals surface area contributed by atoms with Crippen LogP contribution in [0.15, 0.2) is 0 Å². The second kappa shape index (κ2) is 6.48. The topological polar surface area (TPSA) is 70.0 Å². The average molecular weight is 264 g/mol. The molecule has 0 saturated heterocycles. The Labute approximate surface area is 103 Å². The second-order valence-corrected chi connectivity index (χ2v) is 7.09. The van der Waals surface area contributed by atoms with Crippen molar-refractivity contribution in [3.05, 3.63) is 0 Å². The molecule has 0 aliphatic carbocycles. The van der Waals surface area contributed by atoms with E-state index in [2.05, 4.69) is 4.72 Å². The molecule has 0 spiro atoms. The van der Waals surface area contributed by atoms with Crippen LogP contribution in [0.1, 0.15) is 33.6 Å². The van der Waals surface area contributed by atoms with Crippen molar-refractivity contribution in [2.45, 2.75) is 43.6 Å². The maximum atomic E-state index is 11.6. The van der Waals surface area contributed by atoms with E-state index in [1.54, 1.807) is 17.8 Å². The fourth-order valence-electron chi connectivity index (χ4n) is 1.29. The predicted molar refractivity (Wildman–Crippen MR) is 68.8 cm³/mol. The zero-order valence-electron chi connectivity index (χ0n) is 10.3. The normalized spacial score (nSPS) is 14.4. The molecule has 4 nitrogen and oxygen atoms in total. The summed E-state index contributed by atoms with van der Waals surface area (Å²) >= 11 is 1.67. The van der Waals surface area contributed by atoms with Crippen LogP contribution in [0.4, 0.5) is 0 Å². The molecule has 0 aliphatic rings. The van der Waals surface area contributed by atoms with Crippen LogP contribution in [0.3, 0.4) is 0 Å². The minimum absolute atomic E-state index is 0.0672. The molecule has 0 saturated carbocycles. The predicted octanol–water partition coefficient (Wildman–Crippen LogP) is 1.74. The highest BCUT2D eigenvalue weighted by molar-refractivity contribution is 8.00. The molecule has 0 heterocycles. The maximum absolute atomic E-state index is 11.6. The summed E-state index contributed by atoms with van der Waals surface area (Å²) in [7, 11) is -3.50. The minimum atomic E-state index is -3.50. The highest BCUT2D eigenvalue weighted by atomic mass is 32.2. The molecule has 6 heteroatoms. The van der Waals surface area contributed by atoms with Gasteiger partial charge in [0.05, 0.1) is 6.07 Å². The summed E-state index contributed by atoms with van der Waals surface area (Å²) in [5.74, 6) is 0. The number of hydrogen-bond donors (Lipinski definition) is 1. The van der Waals surface area contributed by atoms with Gasteiger partial charge >= 0.3 is 0 Å². The lowest BCUT2D eigenvalue weighted by Crippen LogP contribution is -2.42. The Morgan fingerprint density at radius 2 is 1.94 bits per heavy atom. The number of nitriles is 1. The summed E-state index contributed by atoms with van der Waals surface area (Å²) in [6, 6.07) is 1.74. The first-order valence-corrected chi connectivity index (χ1v) is 8.07. The van der Waals surface area contributed by atoms with E-state index in [0.717, 1.165) is 12.8 Å². The summed E-state index contributed by atoms with van der Waals surface area (Å²) in [5, 5.41) is 7.60. The molecule has 1 atom stereocenters. The van der Waals surface area contributed by atoms with E-state index in [1.165, 1.54) is 6.92 Å². The lowest BCUT2D eigenvalue weighted by molar-refractivity contribution is 0.520. The molecular formula is C10H20N2O2S2. The molecule has 0 rings (SSSR count). The molecule has 0 aromatic rings. The van der Waals surface area contributed by atoms with Crippen LogP contribution in [0.2, 0.25) is 0 Å². The van der Waals surface area contributed by atoms with Crippen LogP contribution >= 0.6 is 11.8 Å². The van der Waals surface area contributed by atoms with Gasteiger partial charge in [-0.2, -0.15) is 17.0 Å². The largest absolute Gasteiger partial charge is 0.227 e. The molecule has 0 radical (unpaired) electrons. The van der Waals surface area contributed by atoms with Gasteiger partial charge in [-0.15, -0.1) is 0 Å². The Hall–Kier alpha value is -0.250. The zero-order valence-corrected chi connectivity index (χ0v) is 11.9. The van der Waals surface area contributed by atoms with Crippen molar-refractivity contribution in [3.8, 4) is 6.07 Å². The average Bonchev–Trinajstić information content (AvgIpc) is 2.30. The lowest BCUT2D eigenvalue weighted by Gasteiger charge is -2.29. The molecule has 0 aromatic carbocycles. The fourth-order valence-corrected chi connectivity index (χ4v) is 3.04. The molecular weight excluding hydrogens is 244 g/mol. The molecule has 0 aromatic heterocycles. The number of nitrogens with zero attached hydrogens (tertiary/aromatic N) is 1. The molecule has 1 unspecified atom stereocenters. The van der Waals surface area contributed by atoms with Crippen LogP contribution < -0.4 is 4.72 Å². The summed E-state index contributed by atoms with van der Waals surface area (Å²) in [4.78, 5) is 0. The van der Waals surface area contributed by atoms with Crippen molar-refractivity contribution in [2.24, 2.45) is 0 Å². The van der Waals surface area contributed by atoms with Crippen LogP contribution in [-0.2, 0) is 10.0 Å². The van der Waals surface area contributed by atoms with Gasteiger partial charge in [0.1, 0.15) is 0 Å². The van der Waals surface area contributed by atoms with Gasteiger partial charge in [0.2, 0.25) is 10.0 Å². The van der Waals surface area contributed by atoms with E-state index in [9.17, 15) is 8.42 Å². The summed E-state index contributed by atoms with van der Waals surface area (Å²) in [6.45, 7) is 5.86. The molecule has 0 bridgehead atoms. The van der Waals surface area contributed by atoms with Crippen molar-refractivity contribution in [1.29, 1.82) is 5.26 Å². The highest BCUT2D eigenvalue weighted by Crippen LogP contribution is 2.29. The summed E-state index contributed by atoms with van der Waals surface area (Å²) in [6.07, 6.45) is 3.78. The van der Waals surface area contributed by atoms with Crippen LogP contribution in [-0.4, -0.2) is 31.2 Å². The first-order chi connectivity index (χ1) is 7.37. The monoisotopic (exact) mass is 264 g/mol. The smallest absolute Gasteiger partial charge is 0.213 e. The summed E-state index contributed by atoms with van der Waals surface area (Å²) < 4.78 is 25.7. The number of hydrogen-bond acceptors (Lipinski definition) is 4. The van der Waals surface area contributed by atoms with E-state index >= 15 is 0 Å². The SMILES string of the molecule is CCC(CC)(CNS(=O)(=O)C(C)C#N)SC.